The van der Waals surface area contributed by atoms with Crippen LogP contribution in [0.5, 0.6) is 0 Å². The molecule has 4 heteroatoms. The molecule has 0 atom stereocenters. The van der Waals surface area contributed by atoms with Crippen molar-refractivity contribution in [2.45, 2.75) is 78.4 Å². The summed E-state index contributed by atoms with van der Waals surface area (Å²) >= 11 is 0. The van der Waals surface area contributed by atoms with Crippen molar-refractivity contribution in [2.24, 2.45) is 0 Å². The van der Waals surface area contributed by atoms with Crippen molar-refractivity contribution in [1.82, 2.24) is 9.55 Å². The molecule has 0 spiro atoms. The van der Waals surface area contributed by atoms with Gasteiger partial charge in [0.05, 0.1) is 11.3 Å². The number of methoxy groups -OCH3 is 1. The highest BCUT2D eigenvalue weighted by molar-refractivity contribution is 5.40. The molecule has 0 aliphatic heterocycles. The van der Waals surface area contributed by atoms with Gasteiger partial charge in [0.1, 0.15) is 11.6 Å². The fourth-order valence-electron chi connectivity index (χ4n) is 2.24. The van der Waals surface area contributed by atoms with Crippen LogP contribution in [0.4, 0.5) is 5.82 Å². The molecule has 0 aliphatic carbocycles. The van der Waals surface area contributed by atoms with Crippen molar-refractivity contribution in [2.75, 3.05) is 12.8 Å². The van der Waals surface area contributed by atoms with Crippen LogP contribution in [-0.2, 0) is 23.1 Å². The predicted molar refractivity (Wildman–Crippen MR) is 85.0 cm³/mol. The number of hydrogen-bond acceptors (Lipinski definition) is 3. The monoisotopic (exact) mass is 281 g/mol. The van der Waals surface area contributed by atoms with Gasteiger partial charge in [-0.05, 0) is 20.3 Å². The van der Waals surface area contributed by atoms with Crippen LogP contribution in [0.1, 0.15) is 65.9 Å². The van der Waals surface area contributed by atoms with E-state index in [1.165, 1.54) is 0 Å². The third-order valence-corrected chi connectivity index (χ3v) is 3.63. The van der Waals surface area contributed by atoms with Gasteiger partial charge >= 0.3 is 0 Å². The summed E-state index contributed by atoms with van der Waals surface area (Å²) in [5.41, 5.74) is 7.06. The van der Waals surface area contributed by atoms with Gasteiger partial charge in [0.15, 0.2) is 0 Å². The minimum atomic E-state index is -0.243. The molecule has 20 heavy (non-hydrogen) atoms. The Morgan fingerprint density at radius 1 is 1.20 bits per heavy atom. The van der Waals surface area contributed by atoms with E-state index in [0.29, 0.717) is 0 Å². The van der Waals surface area contributed by atoms with Crippen LogP contribution < -0.4 is 5.73 Å². The minimum absolute atomic E-state index is 0.00265. The summed E-state index contributed by atoms with van der Waals surface area (Å²) in [7, 11) is 1.73. The van der Waals surface area contributed by atoms with Crippen LogP contribution in [0.3, 0.4) is 0 Å². The molecule has 0 aliphatic rings. The summed E-state index contributed by atoms with van der Waals surface area (Å²) in [6, 6.07) is 0. The van der Waals surface area contributed by atoms with Gasteiger partial charge in [-0.2, -0.15) is 0 Å². The normalized spacial score (nSPS) is 12.9. The molecule has 116 valence electrons. The summed E-state index contributed by atoms with van der Waals surface area (Å²) < 4.78 is 7.69. The number of hydrogen-bond donors (Lipinski definition) is 1. The molecular formula is C16H31N3O. The molecule has 0 radical (unpaired) electrons. The van der Waals surface area contributed by atoms with Crippen LogP contribution in [0.2, 0.25) is 0 Å². The van der Waals surface area contributed by atoms with Gasteiger partial charge in [0.25, 0.3) is 0 Å². The molecule has 1 rings (SSSR count). The highest BCUT2D eigenvalue weighted by Gasteiger charge is 2.27. The number of aromatic nitrogens is 2. The molecule has 2 N–H and O–H groups in total. The quantitative estimate of drug-likeness (QED) is 0.868. The Morgan fingerprint density at radius 3 is 2.25 bits per heavy atom. The largest absolute Gasteiger partial charge is 0.384 e. The van der Waals surface area contributed by atoms with E-state index in [1.807, 2.05) is 0 Å². The molecule has 1 heterocycles. The first kappa shape index (κ1) is 17.0. The summed E-state index contributed by atoms with van der Waals surface area (Å²) in [5.74, 6) is 1.87. The Hall–Kier alpha value is -1.03. The standard InChI is InChI=1S/C16H31N3O/c1-8-9-10-19-13(17)12(11-16(5,6)20-7)18-14(19)15(2,3)4/h8-11,17H2,1-7H3. The maximum absolute atomic E-state index is 6.35. The van der Waals surface area contributed by atoms with Crippen molar-refractivity contribution >= 4 is 5.82 Å². The van der Waals surface area contributed by atoms with Crippen molar-refractivity contribution < 1.29 is 4.74 Å². The lowest BCUT2D eigenvalue weighted by Gasteiger charge is -2.21. The zero-order valence-electron chi connectivity index (χ0n) is 14.2. The molecule has 4 nitrogen and oxygen atoms in total. The molecule has 0 unspecified atom stereocenters. The molecule has 0 bridgehead atoms. The number of nitrogens with zero attached hydrogens (tertiary/aromatic N) is 2. The van der Waals surface area contributed by atoms with Crippen molar-refractivity contribution in [3.63, 3.8) is 0 Å². The van der Waals surface area contributed by atoms with Crippen molar-refractivity contribution in [1.29, 1.82) is 0 Å². The third-order valence-electron chi connectivity index (χ3n) is 3.63. The van der Waals surface area contributed by atoms with Gasteiger partial charge in [-0.3, -0.25) is 0 Å². The van der Waals surface area contributed by atoms with E-state index < -0.39 is 0 Å². The van der Waals surface area contributed by atoms with Crippen molar-refractivity contribution in [3.05, 3.63) is 11.5 Å². The number of nitrogen functional groups attached to an aromatic ring is 1. The second kappa shape index (κ2) is 6.17. The van der Waals surface area contributed by atoms with E-state index >= 15 is 0 Å². The van der Waals surface area contributed by atoms with E-state index in [4.69, 9.17) is 15.5 Å². The van der Waals surface area contributed by atoms with E-state index in [-0.39, 0.29) is 11.0 Å². The van der Waals surface area contributed by atoms with E-state index in [2.05, 4.69) is 46.1 Å². The number of ether oxygens (including phenoxy) is 1. The van der Waals surface area contributed by atoms with Crippen LogP contribution >= 0.6 is 0 Å². The van der Waals surface area contributed by atoms with Crippen LogP contribution in [0.15, 0.2) is 0 Å². The average Bonchev–Trinajstić information content (AvgIpc) is 2.64. The van der Waals surface area contributed by atoms with Crippen LogP contribution in [-0.4, -0.2) is 22.3 Å². The molecule has 0 saturated carbocycles. The maximum atomic E-state index is 6.35. The summed E-state index contributed by atoms with van der Waals surface area (Å²) in [5, 5.41) is 0. The first-order valence-corrected chi connectivity index (χ1v) is 7.53. The SMILES string of the molecule is CCCCn1c(C(C)(C)C)nc(CC(C)(C)OC)c1N. The lowest BCUT2D eigenvalue weighted by Crippen LogP contribution is -2.26. The predicted octanol–water partition coefficient (Wildman–Crippen LogP) is 3.53. The highest BCUT2D eigenvalue weighted by Crippen LogP contribution is 2.29. The van der Waals surface area contributed by atoms with E-state index in [9.17, 15) is 0 Å². The van der Waals surface area contributed by atoms with Gasteiger partial charge in [-0.15, -0.1) is 0 Å². The fourth-order valence-corrected chi connectivity index (χ4v) is 2.24. The number of nitrogens with two attached hydrogens (primary N) is 1. The number of rotatable bonds is 6. The summed E-state index contributed by atoms with van der Waals surface area (Å²) in [4.78, 5) is 4.83. The van der Waals surface area contributed by atoms with Gasteiger partial charge in [0, 0.05) is 25.5 Å². The number of unbranched alkanes of at least 4 members (excludes halogenated alkanes) is 1. The molecule has 0 saturated heterocycles. The lowest BCUT2D eigenvalue weighted by molar-refractivity contribution is 0.0226. The van der Waals surface area contributed by atoms with E-state index in [0.717, 1.165) is 43.1 Å². The second-order valence-corrected chi connectivity index (χ2v) is 7.16. The minimum Gasteiger partial charge on any atom is -0.384 e. The van der Waals surface area contributed by atoms with Gasteiger partial charge < -0.3 is 15.0 Å². The Morgan fingerprint density at radius 2 is 1.80 bits per heavy atom. The molecule has 0 fully saturated rings. The van der Waals surface area contributed by atoms with Crippen LogP contribution in [0, 0.1) is 0 Å². The smallest absolute Gasteiger partial charge is 0.126 e. The Kier molecular flexibility index (Phi) is 5.25. The summed E-state index contributed by atoms with van der Waals surface area (Å²) in [6.45, 7) is 13.8. The zero-order chi connectivity index (χ0) is 15.6. The van der Waals surface area contributed by atoms with Gasteiger partial charge in [0.2, 0.25) is 0 Å². The molecule has 0 amide bonds. The maximum Gasteiger partial charge on any atom is 0.126 e. The topological polar surface area (TPSA) is 53.1 Å². The highest BCUT2D eigenvalue weighted by atomic mass is 16.5. The Bertz CT molecular complexity index is 441. The van der Waals surface area contributed by atoms with Gasteiger partial charge in [-0.1, -0.05) is 34.1 Å². The third kappa shape index (κ3) is 3.98. The Balaban J connectivity index is 3.18. The first-order chi connectivity index (χ1) is 9.12. The second-order valence-electron chi connectivity index (χ2n) is 7.16. The summed E-state index contributed by atoms with van der Waals surface area (Å²) in [6.07, 6.45) is 3.01. The fraction of sp³-hybridized carbons (Fsp3) is 0.812. The molecule has 0 aromatic carbocycles. The first-order valence-electron chi connectivity index (χ1n) is 7.53. The zero-order valence-corrected chi connectivity index (χ0v) is 14.2. The molecular weight excluding hydrogens is 250 g/mol. The number of imidazole rings is 1. The van der Waals surface area contributed by atoms with Crippen molar-refractivity contribution in [3.8, 4) is 0 Å². The Labute approximate surface area is 123 Å². The van der Waals surface area contributed by atoms with E-state index in [1.54, 1.807) is 7.11 Å². The number of anilines is 1. The lowest BCUT2D eigenvalue weighted by atomic mass is 9.95. The van der Waals surface area contributed by atoms with Gasteiger partial charge in [-0.25, -0.2) is 4.98 Å². The van der Waals surface area contributed by atoms with Crippen LogP contribution in [0.25, 0.3) is 0 Å². The molecule has 1 aromatic rings. The average molecular weight is 281 g/mol. The molecule has 1 aromatic heterocycles.